The number of sulfone groups is 1. The lowest BCUT2D eigenvalue weighted by atomic mass is 10.4. The second kappa shape index (κ2) is 4.52. The average molecular weight is 263 g/mol. The maximum absolute atomic E-state index is 11.9. The van der Waals surface area contributed by atoms with E-state index in [1.807, 2.05) is 0 Å². The van der Waals surface area contributed by atoms with Gasteiger partial charge in [0, 0.05) is 0 Å². The molecule has 0 aliphatic carbocycles. The van der Waals surface area contributed by atoms with E-state index in [9.17, 15) is 16.8 Å². The van der Waals surface area contributed by atoms with Gasteiger partial charge in [-0.3, -0.25) is 0 Å². The lowest BCUT2D eigenvalue weighted by molar-refractivity contribution is 0.578. The van der Waals surface area contributed by atoms with E-state index in [0.29, 0.717) is 0 Å². The summed E-state index contributed by atoms with van der Waals surface area (Å²) in [6.45, 7) is 1.33. The summed E-state index contributed by atoms with van der Waals surface area (Å²) in [4.78, 5) is 0.103. The first-order valence-corrected chi connectivity index (χ1v) is 7.79. The molecule has 2 N–H and O–H groups in total. The predicted octanol–water partition coefficient (Wildman–Crippen LogP) is 0.137. The zero-order valence-electron chi connectivity index (χ0n) is 8.70. The minimum Gasteiger partial charge on any atom is -0.229 e. The van der Waals surface area contributed by atoms with Crippen LogP contribution in [0.3, 0.4) is 0 Å². The summed E-state index contributed by atoms with van der Waals surface area (Å²) in [7, 11) is -7.43. The van der Waals surface area contributed by atoms with Gasteiger partial charge in [-0.15, -0.1) is 0 Å². The van der Waals surface area contributed by atoms with E-state index in [-0.39, 0.29) is 4.90 Å². The largest absolute Gasteiger partial charge is 0.229 e. The zero-order valence-corrected chi connectivity index (χ0v) is 10.3. The van der Waals surface area contributed by atoms with Crippen LogP contribution in [0.25, 0.3) is 0 Å². The highest BCUT2D eigenvalue weighted by Crippen LogP contribution is 2.16. The Bertz CT molecular complexity index is 548. The monoisotopic (exact) mass is 263 g/mol. The van der Waals surface area contributed by atoms with Crippen molar-refractivity contribution in [2.24, 2.45) is 5.14 Å². The predicted molar refractivity (Wildman–Crippen MR) is 61.1 cm³/mol. The van der Waals surface area contributed by atoms with Gasteiger partial charge in [0.2, 0.25) is 10.0 Å². The Morgan fingerprint density at radius 1 is 1.12 bits per heavy atom. The average Bonchev–Trinajstić information content (AvgIpc) is 2.16. The summed E-state index contributed by atoms with van der Waals surface area (Å²) in [5.74, 6) is -0.579. The van der Waals surface area contributed by atoms with E-state index >= 15 is 0 Å². The van der Waals surface area contributed by atoms with Crippen LogP contribution in [-0.2, 0) is 19.9 Å². The lowest BCUT2D eigenvalue weighted by Gasteiger charge is -2.11. The molecule has 1 unspecified atom stereocenters. The van der Waals surface area contributed by atoms with Crippen LogP contribution in [0.15, 0.2) is 35.2 Å². The molecule has 0 bridgehead atoms. The highest BCUT2D eigenvalue weighted by atomic mass is 32.2. The van der Waals surface area contributed by atoms with Crippen LogP contribution in [0.2, 0.25) is 0 Å². The summed E-state index contributed by atoms with van der Waals surface area (Å²) in [5, 5.41) is 3.77. The molecule has 0 aliphatic heterocycles. The van der Waals surface area contributed by atoms with Gasteiger partial charge >= 0.3 is 0 Å². The van der Waals surface area contributed by atoms with Gasteiger partial charge in [0.15, 0.2) is 9.84 Å². The van der Waals surface area contributed by atoms with Crippen molar-refractivity contribution in [3.05, 3.63) is 30.3 Å². The maximum Gasteiger partial charge on any atom is 0.210 e. The normalized spacial score (nSPS) is 14.6. The van der Waals surface area contributed by atoms with E-state index in [1.54, 1.807) is 18.2 Å². The van der Waals surface area contributed by atoms with Crippen LogP contribution in [0.4, 0.5) is 0 Å². The van der Waals surface area contributed by atoms with Crippen LogP contribution >= 0.6 is 0 Å². The van der Waals surface area contributed by atoms with Crippen LogP contribution in [0.1, 0.15) is 6.92 Å². The van der Waals surface area contributed by atoms with Crippen molar-refractivity contribution in [2.45, 2.75) is 17.1 Å². The molecule has 0 aliphatic rings. The summed E-state index contributed by atoms with van der Waals surface area (Å²) in [6.07, 6.45) is 0. The number of hydrogen-bond donors (Lipinski definition) is 1. The zero-order chi connectivity index (χ0) is 12.4. The third-order valence-electron chi connectivity index (χ3n) is 2.07. The molecule has 5 nitrogen and oxygen atoms in total. The summed E-state index contributed by atoms with van der Waals surface area (Å²) >= 11 is 0. The van der Waals surface area contributed by atoms with Gasteiger partial charge in [-0.25, -0.2) is 22.0 Å². The summed E-state index contributed by atoms with van der Waals surface area (Å²) in [5.41, 5.74) is 0. The Labute approximate surface area is 95.3 Å². The molecular formula is C9H13NO4S2. The number of rotatable bonds is 4. The molecule has 16 heavy (non-hydrogen) atoms. The van der Waals surface area contributed by atoms with Gasteiger partial charge in [0.05, 0.1) is 15.9 Å². The lowest BCUT2D eigenvalue weighted by Crippen LogP contribution is -2.30. The van der Waals surface area contributed by atoms with E-state index in [2.05, 4.69) is 0 Å². The van der Waals surface area contributed by atoms with Crippen molar-refractivity contribution < 1.29 is 16.8 Å². The molecule has 90 valence electrons. The molecule has 1 aromatic carbocycles. The number of primary sulfonamides is 1. The van der Waals surface area contributed by atoms with Crippen molar-refractivity contribution in [3.8, 4) is 0 Å². The second-order valence-corrected chi connectivity index (χ2v) is 7.52. The summed E-state index contributed by atoms with van der Waals surface area (Å²) < 4.78 is 45.4. The van der Waals surface area contributed by atoms with Crippen LogP contribution in [0, 0.1) is 0 Å². The van der Waals surface area contributed by atoms with Gasteiger partial charge < -0.3 is 0 Å². The first-order chi connectivity index (χ1) is 7.23. The molecule has 0 fully saturated rings. The molecule has 0 aromatic heterocycles. The fourth-order valence-electron chi connectivity index (χ4n) is 1.26. The van der Waals surface area contributed by atoms with Gasteiger partial charge in [-0.2, -0.15) is 0 Å². The van der Waals surface area contributed by atoms with Crippen LogP contribution < -0.4 is 5.14 Å². The fraction of sp³-hybridized carbons (Fsp3) is 0.333. The van der Waals surface area contributed by atoms with Crippen molar-refractivity contribution in [1.82, 2.24) is 0 Å². The SMILES string of the molecule is CC(CS(N)(=O)=O)S(=O)(=O)c1ccccc1. The van der Waals surface area contributed by atoms with E-state index in [1.165, 1.54) is 19.1 Å². The summed E-state index contributed by atoms with van der Waals surface area (Å²) in [6, 6.07) is 7.69. The number of sulfonamides is 1. The third kappa shape index (κ3) is 3.29. The fourth-order valence-corrected chi connectivity index (χ4v) is 4.20. The molecular weight excluding hydrogens is 250 g/mol. The quantitative estimate of drug-likeness (QED) is 0.835. The molecule has 0 radical (unpaired) electrons. The van der Waals surface area contributed by atoms with E-state index < -0.39 is 30.9 Å². The van der Waals surface area contributed by atoms with E-state index in [4.69, 9.17) is 5.14 Å². The van der Waals surface area contributed by atoms with Crippen molar-refractivity contribution in [1.29, 1.82) is 0 Å². The third-order valence-corrected chi connectivity index (χ3v) is 5.40. The van der Waals surface area contributed by atoms with Gasteiger partial charge in [0.25, 0.3) is 0 Å². The van der Waals surface area contributed by atoms with Crippen LogP contribution in [0.5, 0.6) is 0 Å². The maximum atomic E-state index is 11.9. The second-order valence-electron chi connectivity index (χ2n) is 3.50. The molecule has 1 aromatic rings. The van der Waals surface area contributed by atoms with Crippen LogP contribution in [-0.4, -0.2) is 27.8 Å². The van der Waals surface area contributed by atoms with Crippen molar-refractivity contribution in [3.63, 3.8) is 0 Å². The molecule has 0 heterocycles. The highest BCUT2D eigenvalue weighted by molar-refractivity contribution is 7.94. The Kier molecular flexibility index (Phi) is 3.72. The molecule has 0 saturated heterocycles. The Morgan fingerprint density at radius 2 is 1.62 bits per heavy atom. The first kappa shape index (κ1) is 13.1. The van der Waals surface area contributed by atoms with Crippen molar-refractivity contribution in [2.75, 3.05) is 5.75 Å². The first-order valence-electron chi connectivity index (χ1n) is 4.53. The Morgan fingerprint density at radius 3 is 2.06 bits per heavy atom. The molecule has 0 amide bonds. The standard InChI is InChI=1S/C9H13NO4S2/c1-8(7-15(10,11)12)16(13,14)9-5-3-2-4-6-9/h2-6,8H,7H2,1H3,(H2,10,11,12). The molecule has 1 rings (SSSR count). The van der Waals surface area contributed by atoms with Gasteiger partial charge in [0.1, 0.15) is 0 Å². The number of hydrogen-bond acceptors (Lipinski definition) is 4. The molecule has 1 atom stereocenters. The Balaban J connectivity index is 3.05. The molecule has 0 saturated carbocycles. The molecule has 7 heteroatoms. The van der Waals surface area contributed by atoms with Crippen molar-refractivity contribution >= 4 is 19.9 Å². The number of nitrogens with two attached hydrogens (primary N) is 1. The molecule has 0 spiro atoms. The minimum atomic E-state index is -3.79. The highest BCUT2D eigenvalue weighted by Gasteiger charge is 2.26. The topological polar surface area (TPSA) is 94.3 Å². The smallest absolute Gasteiger partial charge is 0.210 e. The van der Waals surface area contributed by atoms with Gasteiger partial charge in [-0.1, -0.05) is 18.2 Å². The van der Waals surface area contributed by atoms with E-state index in [0.717, 1.165) is 0 Å². The number of benzene rings is 1. The minimum absolute atomic E-state index is 0.103. The van der Waals surface area contributed by atoms with Gasteiger partial charge in [-0.05, 0) is 19.1 Å². The Hall–Kier alpha value is -0.920.